The van der Waals surface area contributed by atoms with Gasteiger partial charge in [0.2, 0.25) is 0 Å². The molecule has 0 aliphatic carbocycles. The fraction of sp³-hybridized carbons (Fsp3) is 0.900. The van der Waals surface area contributed by atoms with Gasteiger partial charge in [0.25, 0.3) is 0 Å². The Morgan fingerprint density at radius 2 is 2.00 bits per heavy atom. The molecule has 0 spiro atoms. The topological polar surface area (TPSA) is 20.3 Å². The van der Waals surface area contributed by atoms with Gasteiger partial charge in [-0.1, -0.05) is 6.92 Å². The van der Waals surface area contributed by atoms with Crippen LogP contribution in [-0.2, 0) is 4.79 Å². The van der Waals surface area contributed by atoms with Crippen molar-refractivity contribution in [2.75, 3.05) is 20.1 Å². The van der Waals surface area contributed by atoms with Crippen LogP contribution in [0.25, 0.3) is 0 Å². The summed E-state index contributed by atoms with van der Waals surface area (Å²) in [4.78, 5) is 13.8. The van der Waals surface area contributed by atoms with Crippen LogP contribution in [0.2, 0.25) is 0 Å². The Kier molecular flexibility index (Phi) is 3.73. The van der Waals surface area contributed by atoms with Crippen molar-refractivity contribution in [2.45, 2.75) is 32.6 Å². The fourth-order valence-electron chi connectivity index (χ4n) is 1.78. The fourth-order valence-corrected chi connectivity index (χ4v) is 1.78. The summed E-state index contributed by atoms with van der Waals surface area (Å²) in [5.41, 5.74) is 0. The highest BCUT2D eigenvalue weighted by molar-refractivity contribution is 5.81. The third kappa shape index (κ3) is 2.59. The quantitative estimate of drug-likeness (QED) is 0.641. The lowest BCUT2D eigenvalue weighted by Crippen LogP contribution is -2.33. The first-order valence-corrected chi connectivity index (χ1v) is 4.95. The second-order valence-electron chi connectivity index (χ2n) is 3.79. The third-order valence-electron chi connectivity index (χ3n) is 2.67. The van der Waals surface area contributed by atoms with Gasteiger partial charge in [0.15, 0.2) is 0 Å². The predicted octanol–water partition coefficient (Wildman–Crippen LogP) is 1.70. The van der Waals surface area contributed by atoms with Crippen LogP contribution in [0.15, 0.2) is 0 Å². The monoisotopic (exact) mass is 169 g/mol. The second kappa shape index (κ2) is 4.61. The number of nitrogens with zero attached hydrogens (tertiary/aromatic N) is 1. The minimum atomic E-state index is 0.376. The molecule has 0 saturated carbocycles. The highest BCUT2D eigenvalue weighted by Gasteiger charge is 2.21. The molecule has 1 fully saturated rings. The van der Waals surface area contributed by atoms with Crippen LogP contribution in [0, 0.1) is 5.92 Å². The molecule has 12 heavy (non-hydrogen) atoms. The standard InChI is InChI=1S/C10H19NO/c1-3-4-10(12)9-5-7-11(2)8-6-9/h9H,3-8H2,1-2H3. The first kappa shape index (κ1) is 9.72. The van der Waals surface area contributed by atoms with E-state index in [9.17, 15) is 4.79 Å². The van der Waals surface area contributed by atoms with E-state index in [1.54, 1.807) is 0 Å². The predicted molar refractivity (Wildman–Crippen MR) is 50.1 cm³/mol. The lowest BCUT2D eigenvalue weighted by molar-refractivity contribution is -0.124. The number of Topliss-reactive ketones (excluding diaryl/α,β-unsaturated/α-hetero) is 1. The van der Waals surface area contributed by atoms with Gasteiger partial charge in [-0.2, -0.15) is 0 Å². The van der Waals surface area contributed by atoms with Gasteiger partial charge in [0.05, 0.1) is 0 Å². The molecule has 2 nitrogen and oxygen atoms in total. The van der Waals surface area contributed by atoms with Gasteiger partial charge in [0, 0.05) is 12.3 Å². The Hall–Kier alpha value is -0.370. The number of carbonyl (C=O) groups is 1. The number of piperidine rings is 1. The van der Waals surface area contributed by atoms with E-state index in [0.717, 1.165) is 38.8 Å². The van der Waals surface area contributed by atoms with Gasteiger partial charge in [0.1, 0.15) is 5.78 Å². The molecule has 0 aromatic carbocycles. The molecular formula is C10H19NO. The van der Waals surface area contributed by atoms with Crippen LogP contribution in [0.4, 0.5) is 0 Å². The van der Waals surface area contributed by atoms with E-state index in [1.807, 2.05) is 0 Å². The number of ketones is 1. The van der Waals surface area contributed by atoms with E-state index >= 15 is 0 Å². The van der Waals surface area contributed by atoms with Crippen molar-refractivity contribution in [3.05, 3.63) is 0 Å². The van der Waals surface area contributed by atoms with Crippen molar-refractivity contribution in [3.8, 4) is 0 Å². The summed E-state index contributed by atoms with van der Waals surface area (Å²) in [6.07, 6.45) is 3.95. The maximum absolute atomic E-state index is 11.5. The molecule has 0 N–H and O–H groups in total. The molecule has 0 atom stereocenters. The Balaban J connectivity index is 2.29. The number of rotatable bonds is 3. The molecule has 0 aromatic rings. The molecule has 2 heteroatoms. The normalized spacial score (nSPS) is 21.2. The summed E-state index contributed by atoms with van der Waals surface area (Å²) in [7, 11) is 2.13. The molecule has 0 unspecified atom stereocenters. The summed E-state index contributed by atoms with van der Waals surface area (Å²) in [5.74, 6) is 0.867. The average molecular weight is 169 g/mol. The lowest BCUT2D eigenvalue weighted by Gasteiger charge is -2.27. The lowest BCUT2D eigenvalue weighted by atomic mass is 9.91. The number of likely N-dealkylation sites (tertiary alicyclic amines) is 1. The van der Waals surface area contributed by atoms with E-state index in [-0.39, 0.29) is 0 Å². The van der Waals surface area contributed by atoms with Crippen molar-refractivity contribution in [1.82, 2.24) is 4.90 Å². The molecular weight excluding hydrogens is 150 g/mol. The Bertz CT molecular complexity index is 148. The van der Waals surface area contributed by atoms with Gasteiger partial charge in [-0.05, 0) is 39.4 Å². The highest BCUT2D eigenvalue weighted by atomic mass is 16.1. The SMILES string of the molecule is CCCC(=O)C1CCN(C)CC1. The van der Waals surface area contributed by atoms with Crippen LogP contribution in [0.5, 0.6) is 0 Å². The van der Waals surface area contributed by atoms with E-state index in [0.29, 0.717) is 11.7 Å². The van der Waals surface area contributed by atoms with Crippen molar-refractivity contribution in [2.24, 2.45) is 5.92 Å². The summed E-state index contributed by atoms with van der Waals surface area (Å²) in [5, 5.41) is 0. The van der Waals surface area contributed by atoms with Gasteiger partial charge in [-0.15, -0.1) is 0 Å². The molecule has 1 aliphatic heterocycles. The molecule has 0 bridgehead atoms. The Morgan fingerprint density at radius 3 is 2.50 bits per heavy atom. The molecule has 1 rings (SSSR count). The third-order valence-corrected chi connectivity index (χ3v) is 2.67. The number of carbonyl (C=O) groups excluding carboxylic acids is 1. The Labute approximate surface area is 74.9 Å². The zero-order valence-corrected chi connectivity index (χ0v) is 8.18. The van der Waals surface area contributed by atoms with Crippen LogP contribution >= 0.6 is 0 Å². The van der Waals surface area contributed by atoms with Crippen LogP contribution in [0.3, 0.4) is 0 Å². The van der Waals surface area contributed by atoms with Crippen molar-refractivity contribution in [1.29, 1.82) is 0 Å². The number of hydrogen-bond acceptors (Lipinski definition) is 2. The van der Waals surface area contributed by atoms with Crippen molar-refractivity contribution in [3.63, 3.8) is 0 Å². The Morgan fingerprint density at radius 1 is 1.42 bits per heavy atom. The van der Waals surface area contributed by atoms with Crippen LogP contribution in [-0.4, -0.2) is 30.8 Å². The van der Waals surface area contributed by atoms with Gasteiger partial charge in [-0.3, -0.25) is 4.79 Å². The number of hydrogen-bond donors (Lipinski definition) is 0. The molecule has 1 saturated heterocycles. The van der Waals surface area contributed by atoms with Gasteiger partial charge < -0.3 is 4.90 Å². The molecule has 0 amide bonds. The van der Waals surface area contributed by atoms with E-state index in [1.165, 1.54) is 0 Å². The van der Waals surface area contributed by atoms with E-state index < -0.39 is 0 Å². The van der Waals surface area contributed by atoms with Gasteiger partial charge >= 0.3 is 0 Å². The van der Waals surface area contributed by atoms with Crippen molar-refractivity contribution < 1.29 is 4.79 Å². The summed E-state index contributed by atoms with van der Waals surface area (Å²) >= 11 is 0. The molecule has 0 aromatic heterocycles. The zero-order valence-electron chi connectivity index (χ0n) is 8.18. The largest absolute Gasteiger partial charge is 0.306 e. The maximum Gasteiger partial charge on any atom is 0.136 e. The van der Waals surface area contributed by atoms with E-state index in [2.05, 4.69) is 18.9 Å². The maximum atomic E-state index is 11.5. The summed E-state index contributed by atoms with van der Waals surface area (Å²) in [6.45, 7) is 4.27. The minimum Gasteiger partial charge on any atom is -0.306 e. The summed E-state index contributed by atoms with van der Waals surface area (Å²) < 4.78 is 0. The zero-order chi connectivity index (χ0) is 8.97. The first-order valence-electron chi connectivity index (χ1n) is 4.95. The average Bonchev–Trinajstić information content (AvgIpc) is 2.06. The highest BCUT2D eigenvalue weighted by Crippen LogP contribution is 2.18. The van der Waals surface area contributed by atoms with Crippen molar-refractivity contribution >= 4 is 5.78 Å². The van der Waals surface area contributed by atoms with E-state index in [4.69, 9.17) is 0 Å². The van der Waals surface area contributed by atoms with Crippen LogP contribution in [0.1, 0.15) is 32.6 Å². The molecule has 1 heterocycles. The molecule has 70 valence electrons. The second-order valence-corrected chi connectivity index (χ2v) is 3.79. The smallest absolute Gasteiger partial charge is 0.136 e. The first-order chi connectivity index (χ1) is 5.74. The van der Waals surface area contributed by atoms with Crippen LogP contribution < -0.4 is 0 Å². The van der Waals surface area contributed by atoms with Gasteiger partial charge in [-0.25, -0.2) is 0 Å². The minimum absolute atomic E-state index is 0.376. The summed E-state index contributed by atoms with van der Waals surface area (Å²) in [6, 6.07) is 0. The molecule has 0 radical (unpaired) electrons. The molecule has 1 aliphatic rings.